The summed E-state index contributed by atoms with van der Waals surface area (Å²) in [6.45, 7) is 5.38. The monoisotopic (exact) mass is 339 g/mol. The summed E-state index contributed by atoms with van der Waals surface area (Å²) in [5, 5.41) is 14.1. The highest BCUT2D eigenvalue weighted by atomic mass is 35.5. The quantitative estimate of drug-likeness (QED) is 0.676. The maximum Gasteiger partial charge on any atom is 0.269 e. The Kier molecular flexibility index (Phi) is 8.73. The molecular weight excluding hydrogens is 320 g/mol. The molecule has 1 N–H and O–H groups in total. The van der Waals surface area contributed by atoms with E-state index >= 15 is 0 Å². The van der Waals surface area contributed by atoms with Crippen LogP contribution in [-0.4, -0.2) is 36.0 Å². The number of benzene rings is 1. The van der Waals surface area contributed by atoms with Gasteiger partial charge in [0, 0.05) is 49.9 Å². The second kappa shape index (κ2) is 9.15. The van der Waals surface area contributed by atoms with Gasteiger partial charge in [-0.1, -0.05) is 6.92 Å². The van der Waals surface area contributed by atoms with Gasteiger partial charge in [0.25, 0.3) is 5.69 Å². The van der Waals surface area contributed by atoms with Crippen molar-refractivity contribution in [3.05, 3.63) is 39.7 Å². The maximum absolute atomic E-state index is 14.0. The van der Waals surface area contributed by atoms with Crippen molar-refractivity contribution < 1.29 is 9.31 Å². The van der Waals surface area contributed by atoms with E-state index in [4.69, 9.17) is 0 Å². The summed E-state index contributed by atoms with van der Waals surface area (Å²) in [7, 11) is 0. The van der Waals surface area contributed by atoms with E-state index in [-0.39, 0.29) is 42.4 Å². The number of nitrogens with one attached hydrogen (secondary N) is 1. The van der Waals surface area contributed by atoms with Crippen molar-refractivity contribution in [2.45, 2.75) is 19.4 Å². The molecular formula is C13H20Cl2FN3O2. The molecule has 0 bridgehead atoms. The molecule has 0 spiro atoms. The lowest BCUT2D eigenvalue weighted by molar-refractivity contribution is -0.385. The first-order valence-corrected chi connectivity index (χ1v) is 6.52. The highest BCUT2D eigenvalue weighted by molar-refractivity contribution is 5.85. The van der Waals surface area contributed by atoms with Crippen molar-refractivity contribution in [2.24, 2.45) is 0 Å². The van der Waals surface area contributed by atoms with Crippen molar-refractivity contribution in [2.75, 3.05) is 26.2 Å². The van der Waals surface area contributed by atoms with E-state index in [2.05, 4.69) is 10.2 Å². The van der Waals surface area contributed by atoms with Gasteiger partial charge >= 0.3 is 0 Å². The van der Waals surface area contributed by atoms with Crippen molar-refractivity contribution in [3.63, 3.8) is 0 Å². The van der Waals surface area contributed by atoms with Gasteiger partial charge in [-0.3, -0.25) is 15.0 Å². The Bertz CT molecular complexity index is 471. The van der Waals surface area contributed by atoms with Gasteiger partial charge in [0.15, 0.2) is 0 Å². The molecule has 21 heavy (non-hydrogen) atoms. The Balaban J connectivity index is 0.00000200. The number of nitro benzene ring substituents is 1. The molecule has 2 rings (SSSR count). The molecule has 1 aromatic carbocycles. The first kappa shape index (κ1) is 20.1. The average molecular weight is 340 g/mol. The minimum Gasteiger partial charge on any atom is -0.314 e. The van der Waals surface area contributed by atoms with Crippen LogP contribution in [0.15, 0.2) is 18.2 Å². The van der Waals surface area contributed by atoms with Gasteiger partial charge < -0.3 is 5.32 Å². The van der Waals surface area contributed by atoms with Crippen LogP contribution in [0.5, 0.6) is 0 Å². The van der Waals surface area contributed by atoms with Crippen molar-refractivity contribution in [1.82, 2.24) is 10.2 Å². The predicted octanol–water partition coefficient (Wildman–Crippen LogP) is 2.93. The zero-order chi connectivity index (χ0) is 13.8. The first-order chi connectivity index (χ1) is 9.13. The molecule has 1 saturated heterocycles. The fraction of sp³-hybridized carbons (Fsp3) is 0.538. The fourth-order valence-corrected chi connectivity index (χ4v) is 2.57. The molecule has 1 aliphatic heterocycles. The summed E-state index contributed by atoms with van der Waals surface area (Å²) in [6.07, 6.45) is 0.734. The van der Waals surface area contributed by atoms with E-state index in [0.29, 0.717) is 5.56 Å². The van der Waals surface area contributed by atoms with E-state index in [1.54, 1.807) is 0 Å². The van der Waals surface area contributed by atoms with E-state index in [9.17, 15) is 14.5 Å². The zero-order valence-corrected chi connectivity index (χ0v) is 13.4. The Morgan fingerprint density at radius 3 is 2.52 bits per heavy atom. The summed E-state index contributed by atoms with van der Waals surface area (Å²) >= 11 is 0. The van der Waals surface area contributed by atoms with E-state index < -0.39 is 4.92 Å². The van der Waals surface area contributed by atoms with Crippen molar-refractivity contribution in [3.8, 4) is 0 Å². The zero-order valence-electron chi connectivity index (χ0n) is 11.8. The number of halogens is 3. The molecule has 1 aliphatic rings. The molecule has 0 saturated carbocycles. The summed E-state index contributed by atoms with van der Waals surface area (Å²) in [5.74, 6) is -0.365. The van der Waals surface area contributed by atoms with Gasteiger partial charge in [-0.2, -0.15) is 0 Å². The molecule has 1 fully saturated rings. The molecule has 0 aliphatic carbocycles. The summed E-state index contributed by atoms with van der Waals surface area (Å²) in [5.41, 5.74) is 0.378. The van der Waals surface area contributed by atoms with Crippen LogP contribution in [0.4, 0.5) is 10.1 Å². The van der Waals surface area contributed by atoms with Crippen LogP contribution >= 0.6 is 24.8 Å². The molecule has 120 valence electrons. The molecule has 0 radical (unpaired) electrons. The van der Waals surface area contributed by atoms with Gasteiger partial charge in [0.05, 0.1) is 4.92 Å². The number of rotatable bonds is 4. The van der Waals surface area contributed by atoms with Crippen LogP contribution in [0, 0.1) is 15.9 Å². The van der Waals surface area contributed by atoms with Crippen molar-refractivity contribution in [1.29, 1.82) is 0 Å². The molecule has 1 aromatic rings. The molecule has 0 unspecified atom stereocenters. The normalized spacial score (nSPS) is 16.5. The van der Waals surface area contributed by atoms with Gasteiger partial charge in [-0.25, -0.2) is 4.39 Å². The molecule has 5 nitrogen and oxygen atoms in total. The van der Waals surface area contributed by atoms with Gasteiger partial charge in [0.1, 0.15) is 5.82 Å². The number of hydrogen-bond donors (Lipinski definition) is 1. The lowest BCUT2D eigenvalue weighted by Gasteiger charge is -2.34. The third-order valence-corrected chi connectivity index (χ3v) is 3.53. The van der Waals surface area contributed by atoms with E-state index in [1.165, 1.54) is 18.2 Å². The van der Waals surface area contributed by atoms with Crippen molar-refractivity contribution >= 4 is 30.5 Å². The number of nitro groups is 1. The topological polar surface area (TPSA) is 58.4 Å². The standard InChI is InChI=1S/C13H18FN3O2.2ClH/c1-2-13(16-7-5-15-6-8-16)11-9-10(17(18)19)3-4-12(11)14;;/h3-4,9,13,15H,2,5-8H2,1H3;2*1H/t13-;;/m0../s1. The number of nitrogens with zero attached hydrogens (tertiary/aromatic N) is 2. The van der Waals surface area contributed by atoms with Crippen LogP contribution in [0.2, 0.25) is 0 Å². The third kappa shape index (κ3) is 4.78. The SMILES string of the molecule is CC[C@@H](c1cc([N+](=O)[O-])ccc1F)N1CCNCC1.Cl.Cl. The highest BCUT2D eigenvalue weighted by Gasteiger charge is 2.24. The van der Waals surface area contributed by atoms with Crippen LogP contribution < -0.4 is 5.32 Å². The lowest BCUT2D eigenvalue weighted by atomic mass is 10.0. The molecule has 0 amide bonds. The fourth-order valence-electron chi connectivity index (χ4n) is 2.57. The highest BCUT2D eigenvalue weighted by Crippen LogP contribution is 2.29. The second-order valence-corrected chi connectivity index (χ2v) is 4.67. The summed E-state index contributed by atoms with van der Waals surface area (Å²) in [4.78, 5) is 12.5. The first-order valence-electron chi connectivity index (χ1n) is 6.52. The minimum atomic E-state index is -0.479. The van der Waals surface area contributed by atoms with E-state index in [1.807, 2.05) is 6.92 Å². The molecule has 1 heterocycles. The Labute approximate surface area is 135 Å². The Morgan fingerprint density at radius 2 is 2.00 bits per heavy atom. The van der Waals surface area contributed by atoms with Gasteiger partial charge in [-0.15, -0.1) is 24.8 Å². The smallest absolute Gasteiger partial charge is 0.269 e. The predicted molar refractivity (Wildman–Crippen MR) is 85.0 cm³/mol. The second-order valence-electron chi connectivity index (χ2n) is 4.67. The molecule has 0 aromatic heterocycles. The van der Waals surface area contributed by atoms with Gasteiger partial charge in [-0.05, 0) is 12.5 Å². The van der Waals surface area contributed by atoms with Crippen LogP contribution in [0.3, 0.4) is 0 Å². The van der Waals surface area contributed by atoms with Crippen LogP contribution in [0.25, 0.3) is 0 Å². The number of hydrogen-bond acceptors (Lipinski definition) is 4. The summed E-state index contributed by atoms with van der Waals surface area (Å²) in [6, 6.07) is 3.68. The average Bonchev–Trinajstić information content (AvgIpc) is 2.42. The Hall–Kier alpha value is -0.950. The Morgan fingerprint density at radius 1 is 1.38 bits per heavy atom. The van der Waals surface area contributed by atoms with Crippen LogP contribution in [-0.2, 0) is 0 Å². The lowest BCUT2D eigenvalue weighted by Crippen LogP contribution is -2.45. The molecule has 1 atom stereocenters. The summed E-state index contributed by atoms with van der Waals surface area (Å²) < 4.78 is 14.0. The third-order valence-electron chi connectivity index (χ3n) is 3.53. The van der Waals surface area contributed by atoms with E-state index in [0.717, 1.165) is 32.6 Å². The van der Waals surface area contributed by atoms with Gasteiger partial charge in [0.2, 0.25) is 0 Å². The largest absolute Gasteiger partial charge is 0.314 e. The minimum absolute atomic E-state index is 0. The molecule has 8 heteroatoms. The van der Waals surface area contributed by atoms with Crippen LogP contribution in [0.1, 0.15) is 24.9 Å². The maximum atomic E-state index is 14.0. The number of non-ortho nitro benzene ring substituents is 1. The number of piperazine rings is 1.